The Morgan fingerprint density at radius 1 is 1.71 bits per heavy atom. The average Bonchev–Trinajstić information content (AvgIpc) is 2.75. The van der Waals surface area contributed by atoms with Crippen molar-refractivity contribution in [2.45, 2.75) is 19.9 Å². The number of nitrogens with one attached hydrogen (secondary N) is 1. The normalized spacial score (nSPS) is 12.4. The van der Waals surface area contributed by atoms with Gasteiger partial charge in [-0.1, -0.05) is 12.1 Å². The van der Waals surface area contributed by atoms with Gasteiger partial charge < -0.3 is 16.2 Å². The minimum absolute atomic E-state index is 0.129. The zero-order chi connectivity index (χ0) is 12.7. The number of amides is 1. The van der Waals surface area contributed by atoms with Crippen LogP contribution in [0.3, 0.4) is 0 Å². The molecule has 1 rings (SSSR count). The number of rotatable bonds is 7. The largest absolute Gasteiger partial charge is 0.396 e. The van der Waals surface area contributed by atoms with E-state index in [4.69, 9.17) is 10.8 Å². The van der Waals surface area contributed by atoms with Crippen LogP contribution in [0.2, 0.25) is 0 Å². The molecule has 0 aromatic carbocycles. The van der Waals surface area contributed by atoms with Gasteiger partial charge in [-0.25, -0.2) is 0 Å². The van der Waals surface area contributed by atoms with E-state index in [0.29, 0.717) is 26.1 Å². The number of nitrogens with zero attached hydrogens (tertiary/aromatic N) is 3. The molecule has 7 nitrogen and oxygen atoms in total. The second-order valence-corrected chi connectivity index (χ2v) is 3.98. The van der Waals surface area contributed by atoms with Crippen LogP contribution in [0.25, 0.3) is 0 Å². The van der Waals surface area contributed by atoms with Crippen molar-refractivity contribution in [3.05, 3.63) is 11.9 Å². The standard InChI is InChI=1S/C10H19N5O2/c1-8(2-5-16)6-12-10(17)9-7-15(4-3-11)14-13-9/h7-8,16H,2-6,11H2,1H3,(H,12,17). The summed E-state index contributed by atoms with van der Waals surface area (Å²) in [7, 11) is 0. The van der Waals surface area contributed by atoms with Crippen molar-refractivity contribution in [2.75, 3.05) is 19.7 Å². The molecule has 0 spiro atoms. The van der Waals surface area contributed by atoms with Gasteiger partial charge in [0.1, 0.15) is 0 Å². The second kappa shape index (κ2) is 6.97. The molecule has 1 aromatic rings. The first-order chi connectivity index (χ1) is 8.17. The highest BCUT2D eigenvalue weighted by molar-refractivity contribution is 5.91. The molecule has 0 radical (unpaired) electrons. The van der Waals surface area contributed by atoms with E-state index in [-0.39, 0.29) is 24.1 Å². The summed E-state index contributed by atoms with van der Waals surface area (Å²) in [6.45, 7) is 3.60. The Balaban J connectivity index is 2.40. The van der Waals surface area contributed by atoms with Gasteiger partial charge in [-0.3, -0.25) is 9.48 Å². The summed E-state index contributed by atoms with van der Waals surface area (Å²) >= 11 is 0. The summed E-state index contributed by atoms with van der Waals surface area (Å²) in [6, 6.07) is 0. The minimum atomic E-state index is -0.252. The topological polar surface area (TPSA) is 106 Å². The van der Waals surface area contributed by atoms with E-state index >= 15 is 0 Å². The molecule has 0 aliphatic rings. The number of hydrogen-bond acceptors (Lipinski definition) is 5. The first-order valence-corrected chi connectivity index (χ1v) is 5.66. The maximum Gasteiger partial charge on any atom is 0.273 e. The van der Waals surface area contributed by atoms with Gasteiger partial charge in [0, 0.05) is 19.7 Å². The molecule has 0 bridgehead atoms. The smallest absolute Gasteiger partial charge is 0.273 e. The van der Waals surface area contributed by atoms with Crippen LogP contribution in [-0.4, -0.2) is 45.7 Å². The van der Waals surface area contributed by atoms with E-state index in [0.717, 1.165) is 0 Å². The second-order valence-electron chi connectivity index (χ2n) is 3.98. The molecule has 96 valence electrons. The SMILES string of the molecule is CC(CCO)CNC(=O)c1cn(CCN)nn1. The zero-order valence-corrected chi connectivity index (χ0v) is 9.96. The monoisotopic (exact) mass is 241 g/mol. The molecule has 0 saturated carbocycles. The Morgan fingerprint density at radius 3 is 3.12 bits per heavy atom. The predicted octanol–water partition coefficient (Wildman–Crippen LogP) is -1.01. The summed E-state index contributed by atoms with van der Waals surface area (Å²) in [5.74, 6) is -0.0129. The van der Waals surface area contributed by atoms with Gasteiger partial charge >= 0.3 is 0 Å². The number of aliphatic hydroxyl groups is 1. The third-order valence-electron chi connectivity index (χ3n) is 2.36. The first-order valence-electron chi connectivity index (χ1n) is 5.66. The van der Waals surface area contributed by atoms with Crippen molar-refractivity contribution < 1.29 is 9.90 Å². The average molecular weight is 241 g/mol. The van der Waals surface area contributed by atoms with Gasteiger partial charge in [-0.05, 0) is 12.3 Å². The van der Waals surface area contributed by atoms with Crippen LogP contribution in [0.15, 0.2) is 6.20 Å². The Labute approximate surface area is 100.0 Å². The van der Waals surface area contributed by atoms with Crippen LogP contribution in [0.4, 0.5) is 0 Å². The molecule has 1 aromatic heterocycles. The molecular formula is C10H19N5O2. The Kier molecular flexibility index (Phi) is 5.58. The molecule has 1 amide bonds. The third kappa shape index (κ3) is 4.49. The summed E-state index contributed by atoms with van der Waals surface area (Å²) < 4.78 is 1.53. The summed E-state index contributed by atoms with van der Waals surface area (Å²) in [4.78, 5) is 11.7. The lowest BCUT2D eigenvalue weighted by Gasteiger charge is -2.09. The van der Waals surface area contributed by atoms with Crippen molar-refractivity contribution >= 4 is 5.91 Å². The highest BCUT2D eigenvalue weighted by atomic mass is 16.3. The Bertz CT molecular complexity index is 352. The maximum atomic E-state index is 11.7. The Morgan fingerprint density at radius 2 is 2.47 bits per heavy atom. The fourth-order valence-corrected chi connectivity index (χ4v) is 1.32. The van der Waals surface area contributed by atoms with Crippen LogP contribution in [0.5, 0.6) is 0 Å². The van der Waals surface area contributed by atoms with Gasteiger partial charge in [-0.2, -0.15) is 0 Å². The number of nitrogens with two attached hydrogens (primary N) is 1. The highest BCUT2D eigenvalue weighted by Gasteiger charge is 2.11. The molecule has 17 heavy (non-hydrogen) atoms. The minimum Gasteiger partial charge on any atom is -0.396 e. The predicted molar refractivity (Wildman–Crippen MR) is 62.3 cm³/mol. The molecule has 0 aliphatic heterocycles. The molecular weight excluding hydrogens is 222 g/mol. The van der Waals surface area contributed by atoms with E-state index in [9.17, 15) is 4.79 Å². The Hall–Kier alpha value is -1.47. The van der Waals surface area contributed by atoms with Crippen molar-refractivity contribution in [1.82, 2.24) is 20.3 Å². The van der Waals surface area contributed by atoms with Crippen LogP contribution >= 0.6 is 0 Å². The van der Waals surface area contributed by atoms with Gasteiger partial charge in [0.15, 0.2) is 5.69 Å². The van der Waals surface area contributed by atoms with E-state index in [2.05, 4.69) is 15.6 Å². The van der Waals surface area contributed by atoms with Gasteiger partial charge in [0.05, 0.1) is 12.7 Å². The number of carbonyl (C=O) groups excluding carboxylic acids is 1. The highest BCUT2D eigenvalue weighted by Crippen LogP contribution is 1.99. The quantitative estimate of drug-likeness (QED) is 0.567. The van der Waals surface area contributed by atoms with Gasteiger partial charge in [-0.15, -0.1) is 5.10 Å². The van der Waals surface area contributed by atoms with Gasteiger partial charge in [0.25, 0.3) is 5.91 Å². The fraction of sp³-hybridized carbons (Fsp3) is 0.700. The summed E-state index contributed by atoms with van der Waals surface area (Å²) in [5, 5.41) is 19.0. The lowest BCUT2D eigenvalue weighted by Crippen LogP contribution is -2.28. The van der Waals surface area contributed by atoms with Crippen molar-refractivity contribution in [2.24, 2.45) is 11.7 Å². The molecule has 1 unspecified atom stereocenters. The van der Waals surface area contributed by atoms with Crippen LogP contribution < -0.4 is 11.1 Å². The van der Waals surface area contributed by atoms with Crippen molar-refractivity contribution in [3.63, 3.8) is 0 Å². The van der Waals surface area contributed by atoms with Crippen molar-refractivity contribution in [1.29, 1.82) is 0 Å². The van der Waals surface area contributed by atoms with E-state index in [1.54, 1.807) is 6.20 Å². The molecule has 4 N–H and O–H groups in total. The number of aliphatic hydroxyl groups excluding tert-OH is 1. The van der Waals surface area contributed by atoms with E-state index in [1.165, 1.54) is 4.68 Å². The number of hydrogen-bond donors (Lipinski definition) is 3. The van der Waals surface area contributed by atoms with Crippen LogP contribution in [0.1, 0.15) is 23.8 Å². The molecule has 0 saturated heterocycles. The maximum absolute atomic E-state index is 11.7. The molecule has 1 atom stereocenters. The molecule has 1 heterocycles. The van der Waals surface area contributed by atoms with Gasteiger partial charge in [0.2, 0.25) is 0 Å². The van der Waals surface area contributed by atoms with Crippen LogP contribution in [0, 0.1) is 5.92 Å². The number of aromatic nitrogens is 3. The molecule has 0 aliphatic carbocycles. The lowest BCUT2D eigenvalue weighted by molar-refractivity contribution is 0.0940. The molecule has 7 heteroatoms. The van der Waals surface area contributed by atoms with E-state index < -0.39 is 0 Å². The van der Waals surface area contributed by atoms with Crippen molar-refractivity contribution in [3.8, 4) is 0 Å². The fourth-order valence-electron chi connectivity index (χ4n) is 1.32. The third-order valence-corrected chi connectivity index (χ3v) is 2.36. The van der Waals surface area contributed by atoms with E-state index in [1.807, 2.05) is 6.92 Å². The van der Waals surface area contributed by atoms with Crippen LogP contribution in [-0.2, 0) is 6.54 Å². The lowest BCUT2D eigenvalue weighted by atomic mass is 10.1. The molecule has 0 fully saturated rings. The summed E-state index contributed by atoms with van der Waals surface area (Å²) in [5.41, 5.74) is 5.65. The summed E-state index contributed by atoms with van der Waals surface area (Å²) in [6.07, 6.45) is 2.24. The number of carbonyl (C=O) groups is 1. The first kappa shape index (κ1) is 13.6. The zero-order valence-electron chi connectivity index (χ0n) is 9.96.